The summed E-state index contributed by atoms with van der Waals surface area (Å²) in [7, 11) is 0. The molecule has 1 saturated heterocycles. The van der Waals surface area contributed by atoms with Crippen LogP contribution in [0.3, 0.4) is 0 Å². The highest BCUT2D eigenvalue weighted by atomic mass is 19.4. The molecule has 1 fully saturated rings. The van der Waals surface area contributed by atoms with Gasteiger partial charge in [0.05, 0.1) is 0 Å². The van der Waals surface area contributed by atoms with Gasteiger partial charge in [-0.05, 0) is 12.3 Å². The standard InChI is InChI=1S/C9H17F3N2/c1-3-7(2)8-4-5-13-14(8)6-9(10,11)12/h7-8,13H,3-6H2,1-2H3. The van der Waals surface area contributed by atoms with Gasteiger partial charge in [0, 0.05) is 12.6 Å². The third-order valence-corrected chi connectivity index (χ3v) is 2.81. The Kier molecular flexibility index (Phi) is 3.78. The molecule has 1 aliphatic heterocycles. The zero-order chi connectivity index (χ0) is 10.8. The smallest absolute Gasteiger partial charge is 0.255 e. The molecule has 0 bridgehead atoms. The molecule has 1 rings (SSSR count). The lowest BCUT2D eigenvalue weighted by Crippen LogP contribution is -2.45. The minimum atomic E-state index is -4.11. The Morgan fingerprint density at radius 2 is 2.14 bits per heavy atom. The third kappa shape index (κ3) is 3.13. The number of hydrogen-bond donors (Lipinski definition) is 1. The Labute approximate surface area is 82.4 Å². The Bertz CT molecular complexity index is 181. The zero-order valence-electron chi connectivity index (χ0n) is 8.56. The molecular formula is C9H17F3N2. The van der Waals surface area contributed by atoms with E-state index in [0.717, 1.165) is 12.8 Å². The quantitative estimate of drug-likeness (QED) is 0.768. The summed E-state index contributed by atoms with van der Waals surface area (Å²) in [6.45, 7) is 3.82. The second-order valence-corrected chi connectivity index (χ2v) is 3.89. The number of hydrogen-bond acceptors (Lipinski definition) is 2. The predicted octanol–water partition coefficient (Wildman–Crippen LogP) is 2.17. The molecule has 0 radical (unpaired) electrons. The van der Waals surface area contributed by atoms with Crippen molar-refractivity contribution < 1.29 is 13.2 Å². The predicted molar refractivity (Wildman–Crippen MR) is 48.6 cm³/mol. The van der Waals surface area contributed by atoms with Crippen molar-refractivity contribution in [3.63, 3.8) is 0 Å². The van der Waals surface area contributed by atoms with Crippen LogP contribution in [0.15, 0.2) is 0 Å². The van der Waals surface area contributed by atoms with Crippen LogP contribution in [0.5, 0.6) is 0 Å². The number of nitrogens with zero attached hydrogens (tertiary/aromatic N) is 1. The van der Waals surface area contributed by atoms with E-state index in [-0.39, 0.29) is 6.04 Å². The minimum Gasteiger partial charge on any atom is -0.255 e. The highest BCUT2D eigenvalue weighted by Gasteiger charge is 2.37. The summed E-state index contributed by atoms with van der Waals surface area (Å²) >= 11 is 0. The van der Waals surface area contributed by atoms with E-state index in [9.17, 15) is 13.2 Å². The first-order valence-electron chi connectivity index (χ1n) is 5.01. The highest BCUT2D eigenvalue weighted by molar-refractivity contribution is 4.81. The van der Waals surface area contributed by atoms with Crippen LogP contribution in [-0.4, -0.2) is 30.3 Å². The molecule has 0 aliphatic carbocycles. The van der Waals surface area contributed by atoms with Gasteiger partial charge in [0.15, 0.2) is 0 Å². The van der Waals surface area contributed by atoms with E-state index >= 15 is 0 Å². The molecule has 1 aliphatic rings. The molecule has 0 amide bonds. The third-order valence-electron chi connectivity index (χ3n) is 2.81. The average Bonchev–Trinajstić information content (AvgIpc) is 2.48. The van der Waals surface area contributed by atoms with Crippen LogP contribution >= 0.6 is 0 Å². The number of alkyl halides is 3. The lowest BCUT2D eigenvalue weighted by Gasteiger charge is -2.28. The lowest BCUT2D eigenvalue weighted by atomic mass is 9.97. The molecule has 14 heavy (non-hydrogen) atoms. The first-order valence-corrected chi connectivity index (χ1v) is 5.01. The van der Waals surface area contributed by atoms with Gasteiger partial charge >= 0.3 is 6.18 Å². The molecular weight excluding hydrogens is 193 g/mol. The fourth-order valence-electron chi connectivity index (χ4n) is 1.86. The van der Waals surface area contributed by atoms with E-state index in [4.69, 9.17) is 0 Å². The summed E-state index contributed by atoms with van der Waals surface area (Å²) < 4.78 is 36.5. The van der Waals surface area contributed by atoms with Crippen molar-refractivity contribution >= 4 is 0 Å². The molecule has 2 atom stereocenters. The van der Waals surface area contributed by atoms with Gasteiger partial charge in [-0.15, -0.1) is 0 Å². The maximum atomic E-state index is 12.2. The fourth-order valence-corrected chi connectivity index (χ4v) is 1.86. The van der Waals surface area contributed by atoms with Crippen LogP contribution < -0.4 is 5.43 Å². The fraction of sp³-hybridized carbons (Fsp3) is 1.00. The first-order chi connectivity index (χ1) is 6.44. The molecule has 1 heterocycles. The van der Waals surface area contributed by atoms with Crippen molar-refractivity contribution in [1.29, 1.82) is 0 Å². The summed E-state index contributed by atoms with van der Waals surface area (Å²) in [4.78, 5) is 0. The minimum absolute atomic E-state index is 0.0293. The second-order valence-electron chi connectivity index (χ2n) is 3.89. The summed E-state index contributed by atoms with van der Waals surface area (Å²) in [6, 6.07) is 0.0293. The van der Waals surface area contributed by atoms with Crippen LogP contribution in [0, 0.1) is 5.92 Å². The number of hydrazine groups is 1. The van der Waals surface area contributed by atoms with Crippen molar-refractivity contribution in [3.8, 4) is 0 Å². The maximum Gasteiger partial charge on any atom is 0.402 e. The zero-order valence-corrected chi connectivity index (χ0v) is 8.56. The van der Waals surface area contributed by atoms with Crippen molar-refractivity contribution in [3.05, 3.63) is 0 Å². The summed E-state index contributed by atoms with van der Waals surface area (Å²) in [6.07, 6.45) is -2.38. The van der Waals surface area contributed by atoms with E-state index in [0.29, 0.717) is 12.5 Å². The van der Waals surface area contributed by atoms with Crippen LogP contribution in [-0.2, 0) is 0 Å². The van der Waals surface area contributed by atoms with Crippen molar-refractivity contribution in [2.24, 2.45) is 5.92 Å². The topological polar surface area (TPSA) is 15.3 Å². The van der Waals surface area contributed by atoms with Crippen molar-refractivity contribution in [1.82, 2.24) is 10.4 Å². The Hall–Kier alpha value is -0.290. The molecule has 0 spiro atoms. The molecule has 1 N–H and O–H groups in total. The van der Waals surface area contributed by atoms with Gasteiger partial charge in [-0.1, -0.05) is 20.3 Å². The Morgan fingerprint density at radius 3 is 2.64 bits per heavy atom. The van der Waals surface area contributed by atoms with Gasteiger partial charge in [-0.25, -0.2) is 5.01 Å². The summed E-state index contributed by atoms with van der Waals surface area (Å²) in [5, 5.41) is 1.34. The molecule has 84 valence electrons. The molecule has 0 aromatic carbocycles. The monoisotopic (exact) mass is 210 g/mol. The maximum absolute atomic E-state index is 12.2. The first kappa shape index (κ1) is 11.8. The van der Waals surface area contributed by atoms with E-state index in [1.807, 2.05) is 13.8 Å². The molecule has 2 nitrogen and oxygen atoms in total. The van der Waals surface area contributed by atoms with Crippen LogP contribution in [0.2, 0.25) is 0 Å². The van der Waals surface area contributed by atoms with Gasteiger partial charge in [0.2, 0.25) is 0 Å². The van der Waals surface area contributed by atoms with Gasteiger partial charge in [-0.3, -0.25) is 5.43 Å². The molecule has 5 heteroatoms. The van der Waals surface area contributed by atoms with Crippen molar-refractivity contribution in [2.45, 2.75) is 38.9 Å². The van der Waals surface area contributed by atoms with Crippen LogP contribution in [0.1, 0.15) is 26.7 Å². The van der Waals surface area contributed by atoms with Crippen molar-refractivity contribution in [2.75, 3.05) is 13.1 Å². The van der Waals surface area contributed by atoms with E-state index in [1.165, 1.54) is 5.01 Å². The van der Waals surface area contributed by atoms with E-state index in [2.05, 4.69) is 5.43 Å². The molecule has 0 aromatic rings. The Morgan fingerprint density at radius 1 is 1.50 bits per heavy atom. The molecule has 0 aromatic heterocycles. The largest absolute Gasteiger partial charge is 0.402 e. The van der Waals surface area contributed by atoms with Crippen LogP contribution in [0.4, 0.5) is 13.2 Å². The molecule has 0 saturated carbocycles. The van der Waals surface area contributed by atoms with E-state index in [1.54, 1.807) is 0 Å². The van der Waals surface area contributed by atoms with Gasteiger partial charge in [0.25, 0.3) is 0 Å². The van der Waals surface area contributed by atoms with Crippen LogP contribution in [0.25, 0.3) is 0 Å². The molecule has 2 unspecified atom stereocenters. The summed E-state index contributed by atoms with van der Waals surface area (Å²) in [5.41, 5.74) is 2.79. The summed E-state index contributed by atoms with van der Waals surface area (Å²) in [5.74, 6) is 0.312. The number of halogens is 3. The SMILES string of the molecule is CCC(C)C1CCNN1CC(F)(F)F. The van der Waals surface area contributed by atoms with Gasteiger partial charge in [0.1, 0.15) is 6.54 Å². The Balaban J connectivity index is 2.51. The number of rotatable bonds is 3. The van der Waals surface area contributed by atoms with E-state index < -0.39 is 12.7 Å². The average molecular weight is 210 g/mol. The second kappa shape index (κ2) is 4.49. The lowest BCUT2D eigenvalue weighted by molar-refractivity contribution is -0.155. The van der Waals surface area contributed by atoms with Gasteiger partial charge in [-0.2, -0.15) is 13.2 Å². The highest BCUT2D eigenvalue weighted by Crippen LogP contribution is 2.24. The number of nitrogens with one attached hydrogen (secondary N) is 1. The van der Waals surface area contributed by atoms with Gasteiger partial charge < -0.3 is 0 Å². The normalized spacial score (nSPS) is 26.8.